The van der Waals surface area contributed by atoms with Crippen LogP contribution in [0.1, 0.15) is 22.8 Å². The van der Waals surface area contributed by atoms with Gasteiger partial charge in [-0.05, 0) is 31.7 Å². The summed E-state index contributed by atoms with van der Waals surface area (Å²) in [4.78, 5) is 4.59. The molecule has 1 aromatic carbocycles. The summed E-state index contributed by atoms with van der Waals surface area (Å²) in [6, 6.07) is 7.98. The fraction of sp³-hybridized carbons (Fsp3) is 0.357. The Morgan fingerprint density at radius 1 is 1.28 bits per heavy atom. The second-order valence-electron chi connectivity index (χ2n) is 4.45. The second-order valence-corrected chi connectivity index (χ2v) is 4.89. The molecule has 2 rings (SSSR count). The van der Waals surface area contributed by atoms with Crippen molar-refractivity contribution in [1.82, 2.24) is 14.9 Å². The van der Waals surface area contributed by atoms with Crippen LogP contribution in [0.3, 0.4) is 0 Å². The van der Waals surface area contributed by atoms with Crippen molar-refractivity contribution >= 4 is 11.6 Å². The number of aryl methyl sites for hydroxylation is 1. The Morgan fingerprint density at radius 2 is 1.94 bits per heavy atom. The van der Waals surface area contributed by atoms with E-state index in [1.54, 1.807) is 0 Å². The van der Waals surface area contributed by atoms with E-state index in [-0.39, 0.29) is 0 Å². The SMILES string of the molecule is CNCc1nc(C)c(Cc2ccc(Cl)cc2)n1C. The molecule has 1 aromatic heterocycles. The van der Waals surface area contributed by atoms with Crippen molar-refractivity contribution in [1.29, 1.82) is 0 Å². The fourth-order valence-electron chi connectivity index (χ4n) is 2.09. The molecule has 0 aliphatic carbocycles. The van der Waals surface area contributed by atoms with Crippen LogP contribution >= 0.6 is 11.6 Å². The zero-order chi connectivity index (χ0) is 13.1. The van der Waals surface area contributed by atoms with Gasteiger partial charge in [-0.3, -0.25) is 0 Å². The minimum Gasteiger partial charge on any atom is -0.333 e. The standard InChI is InChI=1S/C14H18ClN3/c1-10-13(18(3)14(17-10)9-16-2)8-11-4-6-12(15)7-5-11/h4-7,16H,8-9H2,1-3H3. The average Bonchev–Trinajstić information content (AvgIpc) is 2.60. The van der Waals surface area contributed by atoms with Crippen LogP contribution in [0.2, 0.25) is 5.02 Å². The molecule has 0 saturated carbocycles. The quantitative estimate of drug-likeness (QED) is 0.919. The molecular formula is C14H18ClN3. The smallest absolute Gasteiger partial charge is 0.122 e. The van der Waals surface area contributed by atoms with E-state index in [9.17, 15) is 0 Å². The van der Waals surface area contributed by atoms with E-state index >= 15 is 0 Å². The van der Waals surface area contributed by atoms with Gasteiger partial charge in [0.05, 0.1) is 12.2 Å². The van der Waals surface area contributed by atoms with Crippen LogP contribution in [0.5, 0.6) is 0 Å². The normalized spacial score (nSPS) is 10.9. The summed E-state index contributed by atoms with van der Waals surface area (Å²) in [6.45, 7) is 2.85. The first-order valence-electron chi connectivity index (χ1n) is 6.02. The molecule has 0 amide bonds. The molecule has 96 valence electrons. The van der Waals surface area contributed by atoms with E-state index in [1.807, 2.05) is 19.2 Å². The highest BCUT2D eigenvalue weighted by Gasteiger charge is 2.11. The highest BCUT2D eigenvalue weighted by atomic mass is 35.5. The van der Waals surface area contributed by atoms with Crippen LogP contribution in [0, 0.1) is 6.92 Å². The number of imidazole rings is 1. The molecule has 0 spiro atoms. The van der Waals surface area contributed by atoms with Crippen LogP contribution in [0.25, 0.3) is 0 Å². The molecular weight excluding hydrogens is 246 g/mol. The Morgan fingerprint density at radius 3 is 2.56 bits per heavy atom. The number of nitrogens with one attached hydrogen (secondary N) is 1. The Kier molecular flexibility index (Phi) is 4.04. The molecule has 0 radical (unpaired) electrons. The molecule has 0 fully saturated rings. The fourth-order valence-corrected chi connectivity index (χ4v) is 2.22. The van der Waals surface area contributed by atoms with E-state index in [0.29, 0.717) is 0 Å². The number of hydrogen-bond donors (Lipinski definition) is 1. The largest absolute Gasteiger partial charge is 0.333 e. The molecule has 0 aliphatic heterocycles. The Labute approximate surface area is 113 Å². The van der Waals surface area contributed by atoms with E-state index < -0.39 is 0 Å². The van der Waals surface area contributed by atoms with Crippen molar-refractivity contribution in [3.8, 4) is 0 Å². The molecule has 18 heavy (non-hydrogen) atoms. The Hall–Kier alpha value is -1.32. The zero-order valence-electron chi connectivity index (χ0n) is 11.0. The van der Waals surface area contributed by atoms with Crippen molar-refractivity contribution in [2.45, 2.75) is 19.9 Å². The van der Waals surface area contributed by atoms with Crippen LogP contribution in [0.15, 0.2) is 24.3 Å². The van der Waals surface area contributed by atoms with Crippen molar-refractivity contribution in [3.05, 3.63) is 52.1 Å². The molecule has 4 heteroatoms. The highest BCUT2D eigenvalue weighted by molar-refractivity contribution is 6.30. The Balaban J connectivity index is 2.26. The predicted octanol–water partition coefficient (Wildman–Crippen LogP) is 2.69. The molecule has 2 aromatic rings. The molecule has 0 bridgehead atoms. The number of aromatic nitrogens is 2. The monoisotopic (exact) mass is 263 g/mol. The lowest BCUT2D eigenvalue weighted by molar-refractivity contribution is 0.695. The van der Waals surface area contributed by atoms with Gasteiger partial charge in [-0.2, -0.15) is 0 Å². The molecule has 3 nitrogen and oxygen atoms in total. The predicted molar refractivity (Wildman–Crippen MR) is 75.0 cm³/mol. The van der Waals surface area contributed by atoms with Gasteiger partial charge in [-0.15, -0.1) is 0 Å². The molecule has 1 heterocycles. The van der Waals surface area contributed by atoms with Gasteiger partial charge in [-0.25, -0.2) is 4.98 Å². The summed E-state index contributed by atoms with van der Waals surface area (Å²) in [6.07, 6.45) is 0.885. The maximum Gasteiger partial charge on any atom is 0.122 e. The van der Waals surface area contributed by atoms with Gasteiger partial charge in [-0.1, -0.05) is 23.7 Å². The lowest BCUT2D eigenvalue weighted by Crippen LogP contribution is -2.11. The van der Waals surface area contributed by atoms with Crippen molar-refractivity contribution in [3.63, 3.8) is 0 Å². The number of hydrogen-bond acceptors (Lipinski definition) is 2. The maximum absolute atomic E-state index is 5.90. The maximum atomic E-state index is 5.90. The van der Waals surface area contributed by atoms with Crippen molar-refractivity contribution < 1.29 is 0 Å². The van der Waals surface area contributed by atoms with Crippen LogP contribution in [0.4, 0.5) is 0 Å². The summed E-state index contributed by atoms with van der Waals surface area (Å²) in [5.74, 6) is 1.07. The summed E-state index contributed by atoms with van der Waals surface area (Å²) < 4.78 is 2.17. The number of benzene rings is 1. The third-order valence-corrected chi connectivity index (χ3v) is 3.38. The summed E-state index contributed by atoms with van der Waals surface area (Å²) >= 11 is 5.90. The van der Waals surface area contributed by atoms with Crippen molar-refractivity contribution in [2.75, 3.05) is 7.05 Å². The first-order valence-corrected chi connectivity index (χ1v) is 6.39. The average molecular weight is 264 g/mol. The van der Waals surface area contributed by atoms with Gasteiger partial charge < -0.3 is 9.88 Å². The van der Waals surface area contributed by atoms with E-state index in [1.165, 1.54) is 11.3 Å². The number of rotatable bonds is 4. The van der Waals surface area contributed by atoms with Gasteiger partial charge in [0.25, 0.3) is 0 Å². The van der Waals surface area contributed by atoms with Gasteiger partial charge in [0.1, 0.15) is 5.82 Å². The zero-order valence-corrected chi connectivity index (χ0v) is 11.8. The number of nitrogens with zero attached hydrogens (tertiary/aromatic N) is 2. The van der Waals surface area contributed by atoms with Gasteiger partial charge >= 0.3 is 0 Å². The topological polar surface area (TPSA) is 29.9 Å². The summed E-state index contributed by atoms with van der Waals surface area (Å²) in [5.41, 5.74) is 3.60. The summed E-state index contributed by atoms with van der Waals surface area (Å²) in [5, 5.41) is 3.91. The van der Waals surface area contributed by atoms with Gasteiger partial charge in [0.15, 0.2) is 0 Å². The van der Waals surface area contributed by atoms with E-state index in [2.05, 4.69) is 41.0 Å². The lowest BCUT2D eigenvalue weighted by atomic mass is 10.1. The molecule has 1 N–H and O–H groups in total. The van der Waals surface area contributed by atoms with Gasteiger partial charge in [0.2, 0.25) is 0 Å². The minimum absolute atomic E-state index is 0.774. The summed E-state index contributed by atoms with van der Waals surface area (Å²) in [7, 11) is 4.00. The highest BCUT2D eigenvalue weighted by Crippen LogP contribution is 2.17. The minimum atomic E-state index is 0.774. The molecule has 0 aliphatic rings. The third-order valence-electron chi connectivity index (χ3n) is 3.13. The lowest BCUT2D eigenvalue weighted by Gasteiger charge is -2.07. The van der Waals surface area contributed by atoms with Crippen LogP contribution < -0.4 is 5.32 Å². The van der Waals surface area contributed by atoms with Crippen LogP contribution in [-0.2, 0) is 20.0 Å². The number of halogens is 1. The van der Waals surface area contributed by atoms with Crippen LogP contribution in [-0.4, -0.2) is 16.6 Å². The Bertz CT molecular complexity index is 529. The molecule has 0 atom stereocenters. The first kappa shape index (κ1) is 13.1. The van der Waals surface area contributed by atoms with Crippen molar-refractivity contribution in [2.24, 2.45) is 7.05 Å². The molecule has 0 saturated heterocycles. The van der Waals surface area contributed by atoms with E-state index in [0.717, 1.165) is 29.5 Å². The first-order chi connectivity index (χ1) is 8.61. The second kappa shape index (κ2) is 5.55. The van der Waals surface area contributed by atoms with E-state index in [4.69, 9.17) is 11.6 Å². The third kappa shape index (κ3) is 2.74. The van der Waals surface area contributed by atoms with Gasteiger partial charge in [0, 0.05) is 24.2 Å². The molecule has 0 unspecified atom stereocenters.